The molecule has 0 atom stereocenters. The van der Waals surface area contributed by atoms with Gasteiger partial charge in [-0.3, -0.25) is 9.78 Å². The molecule has 1 aromatic carbocycles. The van der Waals surface area contributed by atoms with Gasteiger partial charge in [-0.05, 0) is 36.8 Å². The Balaban J connectivity index is 1.34. The third kappa shape index (κ3) is 5.89. The minimum atomic E-state index is -0.599. The van der Waals surface area contributed by atoms with Crippen LogP contribution in [0.1, 0.15) is 12.6 Å². The van der Waals surface area contributed by atoms with Crippen molar-refractivity contribution in [3.63, 3.8) is 0 Å². The summed E-state index contributed by atoms with van der Waals surface area (Å²) in [5.74, 6) is 0.0223. The molecule has 35 heavy (non-hydrogen) atoms. The number of amides is 1. The second-order valence-corrected chi connectivity index (χ2v) is 8.36. The van der Waals surface area contributed by atoms with Crippen molar-refractivity contribution in [1.29, 1.82) is 0 Å². The van der Waals surface area contributed by atoms with Crippen molar-refractivity contribution in [1.82, 2.24) is 19.9 Å². The highest BCUT2D eigenvalue weighted by Crippen LogP contribution is 2.26. The van der Waals surface area contributed by atoms with Crippen LogP contribution in [-0.2, 0) is 11.5 Å². The minimum absolute atomic E-state index is 0.0215. The first-order valence-electron chi connectivity index (χ1n) is 11.3. The molecule has 0 bridgehead atoms. The highest BCUT2D eigenvalue weighted by atomic mass is 19.1. The number of aromatic nitrogens is 2. The van der Waals surface area contributed by atoms with Crippen molar-refractivity contribution in [3.8, 4) is 16.9 Å². The van der Waals surface area contributed by atoms with Gasteiger partial charge in [0.05, 0.1) is 23.6 Å². The van der Waals surface area contributed by atoms with E-state index in [1.165, 1.54) is 23.9 Å². The van der Waals surface area contributed by atoms with Crippen molar-refractivity contribution in [2.45, 2.75) is 20.5 Å². The maximum Gasteiger partial charge on any atom is 0.365 e. The van der Waals surface area contributed by atoms with E-state index in [0.717, 1.165) is 11.4 Å². The zero-order chi connectivity index (χ0) is 24.9. The predicted octanol–water partition coefficient (Wildman–Crippen LogP) is 2.76. The summed E-state index contributed by atoms with van der Waals surface area (Å²) in [6, 6.07) is 8.47. The number of nitrogens with zero attached hydrogens (tertiary/aromatic N) is 4. The van der Waals surface area contributed by atoms with Crippen LogP contribution in [-0.4, -0.2) is 53.3 Å². The van der Waals surface area contributed by atoms with Gasteiger partial charge in [0.1, 0.15) is 24.8 Å². The lowest BCUT2D eigenvalue weighted by Crippen LogP contribution is -2.46. The molecule has 0 spiro atoms. The van der Waals surface area contributed by atoms with Gasteiger partial charge in [-0.1, -0.05) is 12.6 Å². The summed E-state index contributed by atoms with van der Waals surface area (Å²) in [6.07, 6.45) is 3.14. The van der Waals surface area contributed by atoms with Crippen LogP contribution in [0.3, 0.4) is 0 Å². The average Bonchev–Trinajstić information content (AvgIpc) is 3.22. The molecule has 1 N–H and O–H groups in total. The van der Waals surface area contributed by atoms with Crippen molar-refractivity contribution in [3.05, 3.63) is 76.9 Å². The first kappa shape index (κ1) is 24.1. The number of aryl methyl sites for hydroxylation is 1. The van der Waals surface area contributed by atoms with Crippen LogP contribution in [0, 0.1) is 12.7 Å². The third-order valence-corrected chi connectivity index (χ3v) is 5.79. The van der Waals surface area contributed by atoms with E-state index < -0.39 is 11.4 Å². The van der Waals surface area contributed by atoms with E-state index in [9.17, 15) is 9.59 Å². The lowest BCUT2D eigenvalue weighted by atomic mass is 10.1. The lowest BCUT2D eigenvalue weighted by Gasteiger charge is -2.38. The van der Waals surface area contributed by atoms with Gasteiger partial charge in [-0.2, -0.15) is 4.74 Å². The van der Waals surface area contributed by atoms with Gasteiger partial charge < -0.3 is 24.4 Å². The van der Waals surface area contributed by atoms with Crippen molar-refractivity contribution < 1.29 is 18.4 Å². The van der Waals surface area contributed by atoms with E-state index in [2.05, 4.69) is 21.8 Å². The highest BCUT2D eigenvalue weighted by Gasteiger charge is 2.21. The highest BCUT2D eigenvalue weighted by molar-refractivity contribution is 5.72. The fourth-order valence-electron chi connectivity index (χ4n) is 3.83. The van der Waals surface area contributed by atoms with Crippen molar-refractivity contribution in [2.24, 2.45) is 0 Å². The fourth-order valence-corrected chi connectivity index (χ4v) is 3.83. The molecular weight excluding hydrogens is 453 g/mol. The second kappa shape index (κ2) is 10.5. The largest absolute Gasteiger partial charge is 0.486 e. The Morgan fingerprint density at radius 2 is 2.00 bits per heavy atom. The van der Waals surface area contributed by atoms with E-state index in [1.54, 1.807) is 18.3 Å². The molecule has 0 unspecified atom stereocenters. The summed E-state index contributed by atoms with van der Waals surface area (Å²) >= 11 is 0. The molecule has 9 nitrogen and oxygen atoms in total. The summed E-state index contributed by atoms with van der Waals surface area (Å²) in [6.45, 7) is 10.4. The maximum absolute atomic E-state index is 15.0. The van der Waals surface area contributed by atoms with Crippen LogP contribution < -0.4 is 20.6 Å². The van der Waals surface area contributed by atoms with E-state index in [1.807, 2.05) is 24.0 Å². The van der Waals surface area contributed by atoms with Gasteiger partial charge in [-0.15, -0.1) is 0 Å². The van der Waals surface area contributed by atoms with E-state index in [0.29, 0.717) is 49.8 Å². The van der Waals surface area contributed by atoms with E-state index in [4.69, 9.17) is 9.26 Å². The summed E-state index contributed by atoms with van der Waals surface area (Å²) in [4.78, 5) is 31.6. The van der Waals surface area contributed by atoms with Crippen LogP contribution in [0.5, 0.6) is 5.75 Å². The molecule has 4 rings (SSSR count). The molecule has 3 aromatic rings. The minimum Gasteiger partial charge on any atom is -0.486 e. The Bertz CT molecular complexity index is 1260. The van der Waals surface area contributed by atoms with Crippen LogP contribution >= 0.6 is 0 Å². The molecule has 2 aromatic heterocycles. The molecule has 3 heterocycles. The number of hydrogen-bond donors (Lipinski definition) is 1. The van der Waals surface area contributed by atoms with Gasteiger partial charge in [0.2, 0.25) is 5.91 Å². The topological polar surface area (TPSA) is 92.8 Å². The number of rotatable bonds is 8. The molecule has 0 radical (unpaired) electrons. The number of nitrogens with one attached hydrogen (secondary N) is 1. The van der Waals surface area contributed by atoms with E-state index >= 15 is 4.39 Å². The predicted molar refractivity (Wildman–Crippen MR) is 130 cm³/mol. The molecule has 0 saturated carbocycles. The van der Waals surface area contributed by atoms with Crippen molar-refractivity contribution in [2.75, 3.05) is 37.7 Å². The number of piperazine rings is 1. The zero-order valence-electron chi connectivity index (χ0n) is 19.8. The van der Waals surface area contributed by atoms with Gasteiger partial charge in [-0.25, -0.2) is 9.18 Å². The molecule has 0 aliphatic carbocycles. The Morgan fingerprint density at radius 3 is 2.66 bits per heavy atom. The van der Waals surface area contributed by atoms with Crippen LogP contribution in [0.4, 0.5) is 10.1 Å². The second-order valence-electron chi connectivity index (χ2n) is 8.36. The molecule has 1 saturated heterocycles. The van der Waals surface area contributed by atoms with E-state index in [-0.39, 0.29) is 18.1 Å². The molecule has 1 fully saturated rings. The number of hydrogen-bond acceptors (Lipinski definition) is 7. The van der Waals surface area contributed by atoms with Crippen LogP contribution in [0.25, 0.3) is 11.1 Å². The standard InChI is InChI=1S/C25H28FN5O4/c1-17-4-6-21(13-27-17)34-15-18(2)29-8-10-30(11-9-29)24-7-5-20(12-23(24)26)22-14-31(35-25(22)33)16-28-19(3)32/h4-7,12-14H,2,8-11,15-16H2,1,3H3,(H,28,32). The Hall–Kier alpha value is -4.08. The number of ether oxygens (including phenoxy) is 1. The molecule has 1 aliphatic rings. The number of halogens is 1. The van der Waals surface area contributed by atoms with Gasteiger partial charge in [0, 0.05) is 44.5 Å². The SMILES string of the molecule is C=C(COc1ccc(C)nc1)N1CCN(c2ccc(-c3cn(CNC(C)=O)oc3=O)cc2F)CC1. The van der Waals surface area contributed by atoms with Crippen molar-refractivity contribution >= 4 is 11.6 Å². The number of carbonyl (C=O) groups excluding carboxylic acids is 1. The first-order valence-corrected chi connectivity index (χ1v) is 11.3. The third-order valence-electron chi connectivity index (χ3n) is 5.79. The average molecular weight is 482 g/mol. The summed E-state index contributed by atoms with van der Waals surface area (Å²) in [7, 11) is 0. The number of benzene rings is 1. The quantitative estimate of drug-likeness (QED) is 0.529. The van der Waals surface area contributed by atoms with Gasteiger partial charge in [0.15, 0.2) is 0 Å². The molecule has 184 valence electrons. The first-order chi connectivity index (χ1) is 16.8. The summed E-state index contributed by atoms with van der Waals surface area (Å²) < 4.78 is 27.1. The summed E-state index contributed by atoms with van der Waals surface area (Å²) in [5.41, 5.74) is 2.30. The fraction of sp³-hybridized carbons (Fsp3) is 0.320. The Kier molecular flexibility index (Phi) is 7.19. The normalized spacial score (nSPS) is 13.6. The smallest absolute Gasteiger partial charge is 0.365 e. The zero-order valence-corrected chi connectivity index (χ0v) is 19.8. The molecular formula is C25H28FN5O4. The number of carbonyl (C=O) groups is 1. The van der Waals surface area contributed by atoms with Crippen LogP contribution in [0.2, 0.25) is 0 Å². The molecule has 1 aliphatic heterocycles. The Labute approximate surface area is 202 Å². The Morgan fingerprint density at radius 1 is 1.23 bits per heavy atom. The van der Waals surface area contributed by atoms with Crippen LogP contribution in [0.15, 0.2) is 64.3 Å². The number of anilines is 1. The van der Waals surface area contributed by atoms with Gasteiger partial charge >= 0.3 is 5.63 Å². The lowest BCUT2D eigenvalue weighted by molar-refractivity contribution is -0.119. The maximum atomic E-state index is 15.0. The molecule has 1 amide bonds. The molecule has 10 heteroatoms. The van der Waals surface area contributed by atoms with Gasteiger partial charge in [0.25, 0.3) is 0 Å². The number of pyridine rings is 1. The summed E-state index contributed by atoms with van der Waals surface area (Å²) in [5, 5.41) is 2.54. The monoisotopic (exact) mass is 481 g/mol.